The number of thioether (sulfide) groups is 2. The van der Waals surface area contributed by atoms with Crippen molar-refractivity contribution >= 4 is 23.5 Å². The Morgan fingerprint density at radius 2 is 1.33 bits per heavy atom. The number of benzene rings is 1. The molecule has 0 bridgehead atoms. The summed E-state index contributed by atoms with van der Waals surface area (Å²) in [6, 6.07) is 9.01. The average molecular weight is 283 g/mol. The van der Waals surface area contributed by atoms with Crippen molar-refractivity contribution in [1.82, 2.24) is 0 Å². The molecule has 102 valence electrons. The minimum Gasteiger partial charge on any atom is -0.126 e. The van der Waals surface area contributed by atoms with Crippen molar-refractivity contribution in [3.05, 3.63) is 24.3 Å². The van der Waals surface area contributed by atoms with Gasteiger partial charge >= 0.3 is 0 Å². The summed E-state index contributed by atoms with van der Waals surface area (Å²) in [4.78, 5) is 2.84. The maximum Gasteiger partial charge on any atom is 0.00831 e. The number of rotatable bonds is 8. The SMILES string of the molecule is CCC(C)CSc1cccc(SCC(C)CC)c1. The van der Waals surface area contributed by atoms with Crippen LogP contribution in [-0.4, -0.2) is 11.5 Å². The summed E-state index contributed by atoms with van der Waals surface area (Å²) in [5.41, 5.74) is 0. The molecule has 0 saturated heterocycles. The lowest BCUT2D eigenvalue weighted by Crippen LogP contribution is -1.96. The molecular weight excluding hydrogens is 256 g/mol. The van der Waals surface area contributed by atoms with Crippen LogP contribution in [0.4, 0.5) is 0 Å². The third kappa shape index (κ3) is 6.19. The molecule has 0 aliphatic carbocycles. The number of hydrogen-bond acceptors (Lipinski definition) is 2. The van der Waals surface area contributed by atoms with Gasteiger partial charge in [-0.05, 0) is 30.0 Å². The second-order valence-electron chi connectivity index (χ2n) is 5.12. The van der Waals surface area contributed by atoms with Crippen LogP contribution in [0.15, 0.2) is 34.1 Å². The maximum atomic E-state index is 2.35. The third-order valence-corrected chi connectivity index (χ3v) is 5.91. The largest absolute Gasteiger partial charge is 0.126 e. The Hall–Kier alpha value is -0.0800. The molecule has 2 atom stereocenters. The third-order valence-electron chi connectivity index (χ3n) is 3.27. The molecule has 0 heterocycles. The maximum absolute atomic E-state index is 2.35. The van der Waals surface area contributed by atoms with Gasteiger partial charge in [0.2, 0.25) is 0 Å². The molecule has 0 radical (unpaired) electrons. The van der Waals surface area contributed by atoms with E-state index in [1.165, 1.54) is 34.1 Å². The lowest BCUT2D eigenvalue weighted by molar-refractivity contribution is 0.636. The molecule has 18 heavy (non-hydrogen) atoms. The molecule has 0 N–H and O–H groups in total. The van der Waals surface area contributed by atoms with Gasteiger partial charge in [-0.25, -0.2) is 0 Å². The molecule has 0 aliphatic heterocycles. The summed E-state index contributed by atoms with van der Waals surface area (Å²) in [5, 5.41) is 0. The molecule has 2 heteroatoms. The van der Waals surface area contributed by atoms with Crippen molar-refractivity contribution in [1.29, 1.82) is 0 Å². The van der Waals surface area contributed by atoms with Crippen LogP contribution in [0.5, 0.6) is 0 Å². The Morgan fingerprint density at radius 1 is 0.889 bits per heavy atom. The van der Waals surface area contributed by atoms with Crippen molar-refractivity contribution < 1.29 is 0 Å². The van der Waals surface area contributed by atoms with Crippen LogP contribution in [0.1, 0.15) is 40.5 Å². The molecule has 0 nitrogen and oxygen atoms in total. The monoisotopic (exact) mass is 282 g/mol. The lowest BCUT2D eigenvalue weighted by atomic mass is 10.2. The molecule has 0 aliphatic rings. The van der Waals surface area contributed by atoms with Crippen molar-refractivity contribution in [3.63, 3.8) is 0 Å². The Morgan fingerprint density at radius 3 is 1.72 bits per heavy atom. The van der Waals surface area contributed by atoms with Gasteiger partial charge in [0, 0.05) is 21.3 Å². The summed E-state index contributed by atoms with van der Waals surface area (Å²) in [7, 11) is 0. The number of hydrogen-bond donors (Lipinski definition) is 0. The van der Waals surface area contributed by atoms with Crippen molar-refractivity contribution in [2.45, 2.75) is 50.3 Å². The molecule has 0 saturated carbocycles. The summed E-state index contributed by atoms with van der Waals surface area (Å²) < 4.78 is 0. The standard InChI is InChI=1S/C16H26S2/c1-5-13(3)11-17-15-8-7-9-16(10-15)18-12-14(4)6-2/h7-10,13-14H,5-6,11-12H2,1-4H3. The van der Waals surface area contributed by atoms with Crippen LogP contribution in [0, 0.1) is 11.8 Å². The van der Waals surface area contributed by atoms with Gasteiger partial charge in [0.1, 0.15) is 0 Å². The van der Waals surface area contributed by atoms with Gasteiger partial charge in [-0.15, -0.1) is 23.5 Å². The molecule has 0 aromatic heterocycles. The fourth-order valence-electron chi connectivity index (χ4n) is 1.37. The Kier molecular flexibility index (Phi) is 7.92. The van der Waals surface area contributed by atoms with Gasteiger partial charge in [0.15, 0.2) is 0 Å². The molecule has 1 aromatic rings. The van der Waals surface area contributed by atoms with Gasteiger partial charge in [0.05, 0.1) is 0 Å². The molecule has 0 spiro atoms. The highest BCUT2D eigenvalue weighted by molar-refractivity contribution is 8.00. The highest BCUT2D eigenvalue weighted by Gasteiger charge is 2.03. The highest BCUT2D eigenvalue weighted by Crippen LogP contribution is 2.28. The van der Waals surface area contributed by atoms with Crippen molar-refractivity contribution in [3.8, 4) is 0 Å². The molecule has 0 fully saturated rings. The van der Waals surface area contributed by atoms with Crippen LogP contribution in [-0.2, 0) is 0 Å². The van der Waals surface area contributed by atoms with Gasteiger partial charge in [-0.2, -0.15) is 0 Å². The van der Waals surface area contributed by atoms with E-state index in [2.05, 4.69) is 52.0 Å². The first-order chi connectivity index (χ1) is 8.65. The van der Waals surface area contributed by atoms with E-state index < -0.39 is 0 Å². The van der Waals surface area contributed by atoms with Gasteiger partial charge < -0.3 is 0 Å². The zero-order chi connectivity index (χ0) is 13.4. The minimum atomic E-state index is 0.812. The van der Waals surface area contributed by atoms with E-state index in [1.54, 1.807) is 0 Å². The predicted octanol–water partition coefficient (Wildman–Crippen LogP) is 5.96. The fourth-order valence-corrected chi connectivity index (χ4v) is 3.64. The average Bonchev–Trinajstić information content (AvgIpc) is 2.42. The van der Waals surface area contributed by atoms with E-state index in [0.29, 0.717) is 0 Å². The van der Waals surface area contributed by atoms with E-state index in [-0.39, 0.29) is 0 Å². The van der Waals surface area contributed by atoms with Crippen LogP contribution >= 0.6 is 23.5 Å². The smallest absolute Gasteiger partial charge is 0.00831 e. The van der Waals surface area contributed by atoms with E-state index in [0.717, 1.165) is 11.8 Å². The zero-order valence-electron chi connectivity index (χ0n) is 12.1. The first-order valence-electron chi connectivity index (χ1n) is 7.01. The second-order valence-corrected chi connectivity index (χ2v) is 7.31. The van der Waals surface area contributed by atoms with Crippen LogP contribution in [0.2, 0.25) is 0 Å². The zero-order valence-corrected chi connectivity index (χ0v) is 13.7. The van der Waals surface area contributed by atoms with Gasteiger partial charge in [-0.1, -0.05) is 46.6 Å². The normalized spacial score (nSPS) is 14.4. The quantitative estimate of drug-likeness (QED) is 0.539. The van der Waals surface area contributed by atoms with Gasteiger partial charge in [-0.3, -0.25) is 0 Å². The highest BCUT2D eigenvalue weighted by atomic mass is 32.2. The van der Waals surface area contributed by atoms with Crippen LogP contribution in [0.3, 0.4) is 0 Å². The lowest BCUT2D eigenvalue weighted by Gasteiger charge is -2.10. The predicted molar refractivity (Wildman–Crippen MR) is 86.8 cm³/mol. The van der Waals surface area contributed by atoms with Crippen molar-refractivity contribution in [2.24, 2.45) is 11.8 Å². The topological polar surface area (TPSA) is 0 Å². The van der Waals surface area contributed by atoms with E-state index in [4.69, 9.17) is 0 Å². The summed E-state index contributed by atoms with van der Waals surface area (Å²) in [5.74, 6) is 4.09. The first kappa shape index (κ1) is 16.0. The molecule has 0 amide bonds. The van der Waals surface area contributed by atoms with Crippen LogP contribution < -0.4 is 0 Å². The molecule has 1 aromatic carbocycles. The minimum absolute atomic E-state index is 0.812. The summed E-state index contributed by atoms with van der Waals surface area (Å²) in [6.45, 7) is 9.19. The van der Waals surface area contributed by atoms with E-state index in [1.807, 2.05) is 23.5 Å². The van der Waals surface area contributed by atoms with Crippen LogP contribution in [0.25, 0.3) is 0 Å². The van der Waals surface area contributed by atoms with E-state index in [9.17, 15) is 0 Å². The second kappa shape index (κ2) is 8.92. The summed E-state index contributed by atoms with van der Waals surface area (Å²) >= 11 is 3.99. The molecule has 1 rings (SSSR count). The molecular formula is C16H26S2. The fraction of sp³-hybridized carbons (Fsp3) is 0.625. The first-order valence-corrected chi connectivity index (χ1v) is 8.98. The Labute approximate surface area is 121 Å². The Balaban J connectivity index is 2.46. The van der Waals surface area contributed by atoms with Crippen molar-refractivity contribution in [2.75, 3.05) is 11.5 Å². The van der Waals surface area contributed by atoms with Gasteiger partial charge in [0.25, 0.3) is 0 Å². The Bertz CT molecular complexity index is 306. The summed E-state index contributed by atoms with van der Waals surface area (Å²) in [6.07, 6.45) is 2.55. The molecule has 2 unspecified atom stereocenters. The van der Waals surface area contributed by atoms with E-state index >= 15 is 0 Å².